The Kier molecular flexibility index (Phi) is 4.95. The molecule has 0 bridgehead atoms. The van der Waals surface area contributed by atoms with Crippen molar-refractivity contribution in [3.8, 4) is 0 Å². The van der Waals surface area contributed by atoms with Gasteiger partial charge in [-0.25, -0.2) is 0 Å². The summed E-state index contributed by atoms with van der Waals surface area (Å²) in [4.78, 5) is 1.36. The molecule has 0 heterocycles. The molecule has 1 fully saturated rings. The van der Waals surface area contributed by atoms with Gasteiger partial charge in [-0.05, 0) is 53.4 Å². The van der Waals surface area contributed by atoms with Crippen molar-refractivity contribution in [2.75, 3.05) is 0 Å². The lowest BCUT2D eigenvalue weighted by Crippen LogP contribution is -2.08. The minimum absolute atomic E-state index is 0.111. The van der Waals surface area contributed by atoms with Crippen LogP contribution in [0, 0.1) is 0 Å². The summed E-state index contributed by atoms with van der Waals surface area (Å²) < 4.78 is 1.20. The van der Waals surface area contributed by atoms with Gasteiger partial charge in [0.15, 0.2) is 0 Å². The number of hydrogen-bond acceptors (Lipinski definition) is 2. The first-order chi connectivity index (χ1) is 8.16. The fraction of sp³-hybridized carbons (Fsp3) is 0.571. The molecule has 17 heavy (non-hydrogen) atoms. The predicted molar refractivity (Wildman–Crippen MR) is 79.5 cm³/mol. The van der Waals surface area contributed by atoms with Gasteiger partial charge in [-0.2, -0.15) is 0 Å². The Bertz CT molecular complexity index is 372. The first-order valence-corrected chi connectivity index (χ1v) is 8.06. The molecule has 1 atom stereocenters. The van der Waals surface area contributed by atoms with E-state index >= 15 is 0 Å². The molecule has 1 unspecified atom stereocenters. The van der Waals surface area contributed by atoms with Gasteiger partial charge in [0, 0.05) is 20.7 Å². The van der Waals surface area contributed by atoms with Crippen LogP contribution in [0.25, 0.3) is 0 Å². The predicted octanol–water partition coefficient (Wildman–Crippen LogP) is 4.89. The summed E-state index contributed by atoms with van der Waals surface area (Å²) in [6.07, 6.45) is 6.95. The highest BCUT2D eigenvalue weighted by molar-refractivity contribution is 9.10. The van der Waals surface area contributed by atoms with E-state index in [1.807, 2.05) is 18.7 Å². The van der Waals surface area contributed by atoms with Crippen LogP contribution in [0.1, 0.15) is 50.6 Å². The first kappa shape index (κ1) is 13.4. The molecule has 2 N–H and O–H groups in total. The number of nitrogens with two attached hydrogens (primary N) is 1. The van der Waals surface area contributed by atoms with E-state index in [1.54, 1.807) is 0 Å². The second-order valence-electron chi connectivity index (χ2n) is 4.86. The Morgan fingerprint density at radius 1 is 1.29 bits per heavy atom. The molecule has 0 amide bonds. The van der Waals surface area contributed by atoms with Crippen LogP contribution in [0.4, 0.5) is 0 Å². The van der Waals surface area contributed by atoms with Crippen LogP contribution < -0.4 is 5.73 Å². The first-order valence-electron chi connectivity index (χ1n) is 6.38. The molecule has 1 saturated carbocycles. The highest BCUT2D eigenvalue weighted by Gasteiger charge is 2.16. The largest absolute Gasteiger partial charge is 0.324 e. The minimum Gasteiger partial charge on any atom is -0.324 e. The Balaban J connectivity index is 2.05. The third kappa shape index (κ3) is 3.73. The fourth-order valence-corrected chi connectivity index (χ4v) is 4.18. The summed E-state index contributed by atoms with van der Waals surface area (Å²) in [5.74, 6) is 0. The van der Waals surface area contributed by atoms with Crippen molar-refractivity contribution >= 4 is 27.7 Å². The molecule has 1 aromatic rings. The molecular formula is C14H20BrNS. The van der Waals surface area contributed by atoms with Crippen molar-refractivity contribution in [1.29, 1.82) is 0 Å². The van der Waals surface area contributed by atoms with Crippen LogP contribution in [0.15, 0.2) is 27.6 Å². The molecule has 0 spiro atoms. The Hall–Kier alpha value is 0.01000. The molecule has 3 heteroatoms. The van der Waals surface area contributed by atoms with Gasteiger partial charge in [0.05, 0.1) is 0 Å². The zero-order chi connectivity index (χ0) is 12.3. The normalized spacial score (nSPS) is 19.2. The van der Waals surface area contributed by atoms with Crippen molar-refractivity contribution in [2.24, 2.45) is 5.73 Å². The lowest BCUT2D eigenvalue weighted by atomic mass is 10.0. The third-order valence-electron chi connectivity index (χ3n) is 3.33. The van der Waals surface area contributed by atoms with Gasteiger partial charge in [-0.15, -0.1) is 11.8 Å². The quantitative estimate of drug-likeness (QED) is 0.859. The molecule has 0 aromatic heterocycles. The lowest BCUT2D eigenvalue weighted by Gasteiger charge is -2.21. The van der Waals surface area contributed by atoms with E-state index in [0.717, 1.165) is 5.25 Å². The molecule has 1 aliphatic rings. The summed E-state index contributed by atoms with van der Waals surface area (Å²) in [6.45, 7) is 2.02. The number of rotatable bonds is 3. The third-order valence-corrected chi connectivity index (χ3v) is 5.66. The van der Waals surface area contributed by atoms with Crippen molar-refractivity contribution < 1.29 is 0 Å². The highest BCUT2D eigenvalue weighted by atomic mass is 79.9. The highest BCUT2D eigenvalue weighted by Crippen LogP contribution is 2.37. The van der Waals surface area contributed by atoms with Gasteiger partial charge in [0.25, 0.3) is 0 Å². The Labute approximate surface area is 117 Å². The second-order valence-corrected chi connectivity index (χ2v) is 7.05. The molecule has 94 valence electrons. The van der Waals surface area contributed by atoms with E-state index in [-0.39, 0.29) is 6.04 Å². The second kappa shape index (κ2) is 6.26. The van der Waals surface area contributed by atoms with E-state index in [1.165, 1.54) is 47.0 Å². The maximum absolute atomic E-state index is 5.89. The molecule has 1 nitrogen and oxygen atoms in total. The summed E-state index contributed by atoms with van der Waals surface area (Å²) in [6, 6.07) is 6.64. The summed E-state index contributed by atoms with van der Waals surface area (Å²) in [5.41, 5.74) is 7.09. The molecular weight excluding hydrogens is 294 g/mol. The number of halogens is 1. The molecule has 0 aliphatic heterocycles. The number of benzene rings is 1. The van der Waals surface area contributed by atoms with Crippen molar-refractivity contribution in [1.82, 2.24) is 0 Å². The SMILES string of the molecule is CC(N)c1ccc(SC2CCCCC2)c(Br)c1. The van der Waals surface area contributed by atoms with Crippen LogP contribution in [0.3, 0.4) is 0 Å². The molecule has 0 radical (unpaired) electrons. The Morgan fingerprint density at radius 2 is 2.00 bits per heavy atom. The van der Waals surface area contributed by atoms with E-state index in [4.69, 9.17) is 5.73 Å². The summed E-state index contributed by atoms with van der Waals surface area (Å²) >= 11 is 5.69. The van der Waals surface area contributed by atoms with Crippen molar-refractivity contribution in [3.05, 3.63) is 28.2 Å². The zero-order valence-corrected chi connectivity index (χ0v) is 12.7. The lowest BCUT2D eigenvalue weighted by molar-refractivity contribution is 0.516. The maximum atomic E-state index is 5.89. The zero-order valence-electron chi connectivity index (χ0n) is 10.3. The fourth-order valence-electron chi connectivity index (χ4n) is 2.26. The van der Waals surface area contributed by atoms with E-state index in [0.29, 0.717) is 0 Å². The molecule has 2 rings (SSSR count). The van der Waals surface area contributed by atoms with E-state index in [2.05, 4.69) is 34.1 Å². The van der Waals surface area contributed by atoms with E-state index < -0.39 is 0 Å². The van der Waals surface area contributed by atoms with Gasteiger partial charge in [0.1, 0.15) is 0 Å². The van der Waals surface area contributed by atoms with Gasteiger partial charge < -0.3 is 5.73 Å². The van der Waals surface area contributed by atoms with Crippen molar-refractivity contribution in [2.45, 2.75) is 55.2 Å². The van der Waals surface area contributed by atoms with Gasteiger partial charge >= 0.3 is 0 Å². The Morgan fingerprint density at radius 3 is 2.59 bits per heavy atom. The van der Waals surface area contributed by atoms with Gasteiger partial charge in [-0.1, -0.05) is 25.3 Å². The van der Waals surface area contributed by atoms with Crippen LogP contribution in [0.2, 0.25) is 0 Å². The van der Waals surface area contributed by atoms with Gasteiger partial charge in [-0.3, -0.25) is 0 Å². The van der Waals surface area contributed by atoms with E-state index in [9.17, 15) is 0 Å². The molecule has 0 saturated heterocycles. The molecule has 1 aliphatic carbocycles. The number of hydrogen-bond donors (Lipinski definition) is 1. The maximum Gasteiger partial charge on any atom is 0.0314 e. The van der Waals surface area contributed by atoms with Crippen LogP contribution in [0.5, 0.6) is 0 Å². The van der Waals surface area contributed by atoms with Crippen LogP contribution >= 0.6 is 27.7 Å². The monoisotopic (exact) mass is 313 g/mol. The standard InChI is InChI=1S/C14H20BrNS/c1-10(16)11-7-8-14(13(15)9-11)17-12-5-3-2-4-6-12/h7-10,12H,2-6,16H2,1H3. The smallest absolute Gasteiger partial charge is 0.0314 e. The minimum atomic E-state index is 0.111. The topological polar surface area (TPSA) is 26.0 Å². The average Bonchev–Trinajstić information content (AvgIpc) is 2.33. The average molecular weight is 314 g/mol. The van der Waals surface area contributed by atoms with Crippen molar-refractivity contribution in [3.63, 3.8) is 0 Å². The van der Waals surface area contributed by atoms with Crippen LogP contribution in [-0.2, 0) is 0 Å². The number of thioether (sulfide) groups is 1. The summed E-state index contributed by atoms with van der Waals surface area (Å²) in [7, 11) is 0. The van der Waals surface area contributed by atoms with Crippen LogP contribution in [-0.4, -0.2) is 5.25 Å². The van der Waals surface area contributed by atoms with Gasteiger partial charge in [0.2, 0.25) is 0 Å². The summed E-state index contributed by atoms with van der Waals surface area (Å²) in [5, 5.41) is 0.807. The molecule has 1 aromatic carbocycles.